The second kappa shape index (κ2) is 7.93. The van der Waals surface area contributed by atoms with Crippen LogP contribution in [0.3, 0.4) is 0 Å². The molecule has 0 fully saturated rings. The largest absolute Gasteiger partial charge is 0.461 e. The molecule has 0 aliphatic heterocycles. The number of esters is 1. The second-order valence-electron chi connectivity index (χ2n) is 6.68. The Kier molecular flexibility index (Phi) is 5.60. The van der Waals surface area contributed by atoms with E-state index in [-0.39, 0.29) is 17.6 Å². The number of fused-ring (bicyclic) bond motifs is 1. The van der Waals surface area contributed by atoms with Crippen LogP contribution in [0.2, 0.25) is 0 Å². The number of carbonyl (C=O) groups excluding carboxylic acids is 2. The Hall–Kier alpha value is -3.00. The molecule has 3 aromatic rings. The molecule has 1 N–H and O–H groups in total. The molecule has 0 radical (unpaired) electrons. The van der Waals surface area contributed by atoms with Gasteiger partial charge < -0.3 is 10.1 Å². The maximum atomic E-state index is 13.0. The summed E-state index contributed by atoms with van der Waals surface area (Å²) in [7, 11) is 0. The quantitative estimate of drug-likeness (QED) is 0.663. The Morgan fingerprint density at radius 1 is 1.18 bits per heavy atom. The summed E-state index contributed by atoms with van der Waals surface area (Å²) in [5.41, 5.74) is 0.843. The number of thiophene rings is 1. The zero-order valence-corrected chi connectivity index (χ0v) is 16.9. The Bertz CT molecular complexity index is 1090. The van der Waals surface area contributed by atoms with Crippen LogP contribution >= 0.6 is 11.3 Å². The SMILES string of the molecule is Cc1c(C(=O)Nc2ccccc2)sc2ncn([C@@H](C)C(=O)OC(C)C)c(=O)c12. The van der Waals surface area contributed by atoms with Crippen LogP contribution in [0.5, 0.6) is 0 Å². The van der Waals surface area contributed by atoms with Crippen molar-refractivity contribution in [3.63, 3.8) is 0 Å². The third kappa shape index (κ3) is 3.82. The number of rotatable bonds is 5. The van der Waals surface area contributed by atoms with Crippen molar-refractivity contribution in [1.29, 1.82) is 0 Å². The molecule has 3 rings (SSSR count). The lowest BCUT2D eigenvalue weighted by atomic mass is 10.2. The highest BCUT2D eigenvalue weighted by molar-refractivity contribution is 7.20. The molecule has 0 aliphatic carbocycles. The minimum absolute atomic E-state index is 0.279. The molecule has 0 saturated heterocycles. The first kappa shape index (κ1) is 19.8. The number of amides is 1. The van der Waals surface area contributed by atoms with Crippen LogP contribution in [0.4, 0.5) is 5.69 Å². The van der Waals surface area contributed by atoms with Gasteiger partial charge in [-0.15, -0.1) is 11.3 Å². The first-order valence-corrected chi connectivity index (χ1v) is 9.68. The highest BCUT2D eigenvalue weighted by Crippen LogP contribution is 2.28. The topological polar surface area (TPSA) is 90.3 Å². The first-order valence-electron chi connectivity index (χ1n) is 8.86. The third-order valence-electron chi connectivity index (χ3n) is 4.22. The van der Waals surface area contributed by atoms with E-state index in [0.29, 0.717) is 26.3 Å². The standard InChI is InChI=1S/C20H21N3O4S/c1-11(2)27-20(26)13(4)23-10-21-18-15(19(23)25)12(3)16(28-18)17(24)22-14-8-6-5-7-9-14/h5-11,13H,1-4H3,(H,22,24)/t13-/m0/s1. The predicted octanol–water partition coefficient (Wildman–Crippen LogP) is 3.53. The van der Waals surface area contributed by atoms with Gasteiger partial charge in [0.2, 0.25) is 0 Å². The van der Waals surface area contributed by atoms with Crippen LogP contribution in [-0.4, -0.2) is 27.5 Å². The fourth-order valence-corrected chi connectivity index (χ4v) is 3.82. The minimum atomic E-state index is -0.812. The maximum Gasteiger partial charge on any atom is 0.329 e. The van der Waals surface area contributed by atoms with Crippen molar-refractivity contribution in [1.82, 2.24) is 9.55 Å². The van der Waals surface area contributed by atoms with Gasteiger partial charge in [0, 0.05) is 5.69 Å². The van der Waals surface area contributed by atoms with Crippen molar-refractivity contribution in [3.05, 3.63) is 57.5 Å². The van der Waals surface area contributed by atoms with Gasteiger partial charge in [-0.2, -0.15) is 0 Å². The number of hydrogen-bond donors (Lipinski definition) is 1. The van der Waals surface area contributed by atoms with Crippen molar-refractivity contribution in [2.24, 2.45) is 0 Å². The van der Waals surface area contributed by atoms with Crippen molar-refractivity contribution in [3.8, 4) is 0 Å². The van der Waals surface area contributed by atoms with E-state index in [0.717, 1.165) is 11.3 Å². The number of benzene rings is 1. The monoisotopic (exact) mass is 399 g/mol. The smallest absolute Gasteiger partial charge is 0.329 e. The number of nitrogens with one attached hydrogen (secondary N) is 1. The average molecular weight is 399 g/mol. The molecular weight excluding hydrogens is 378 g/mol. The van der Waals surface area contributed by atoms with Crippen molar-refractivity contribution in [2.45, 2.75) is 39.8 Å². The Labute approximate surface area is 166 Å². The lowest BCUT2D eigenvalue weighted by molar-refractivity contribution is -0.151. The minimum Gasteiger partial charge on any atom is -0.461 e. The van der Waals surface area contributed by atoms with E-state index in [9.17, 15) is 14.4 Å². The average Bonchev–Trinajstić information content (AvgIpc) is 2.99. The van der Waals surface area contributed by atoms with Gasteiger partial charge in [0.05, 0.1) is 22.7 Å². The molecule has 28 heavy (non-hydrogen) atoms. The summed E-state index contributed by atoms with van der Waals surface area (Å²) >= 11 is 1.15. The summed E-state index contributed by atoms with van der Waals surface area (Å²) in [6.45, 7) is 6.79. The summed E-state index contributed by atoms with van der Waals surface area (Å²) in [5.74, 6) is -0.807. The summed E-state index contributed by atoms with van der Waals surface area (Å²) < 4.78 is 6.43. The van der Waals surface area contributed by atoms with Crippen LogP contribution in [0.1, 0.15) is 42.0 Å². The van der Waals surface area contributed by atoms with Gasteiger partial charge in [-0.3, -0.25) is 14.2 Å². The first-order chi connectivity index (χ1) is 13.3. The summed E-state index contributed by atoms with van der Waals surface area (Å²) in [6.07, 6.45) is 1.05. The molecule has 0 bridgehead atoms. The zero-order chi connectivity index (χ0) is 20.4. The Balaban J connectivity index is 1.98. The predicted molar refractivity (Wildman–Crippen MR) is 109 cm³/mol. The molecule has 0 spiro atoms. The van der Waals surface area contributed by atoms with Crippen molar-refractivity contribution >= 4 is 39.1 Å². The van der Waals surface area contributed by atoms with Gasteiger partial charge in [0.1, 0.15) is 10.9 Å². The molecular formula is C20H21N3O4S. The maximum absolute atomic E-state index is 13.0. The second-order valence-corrected chi connectivity index (χ2v) is 7.67. The van der Waals surface area contributed by atoms with E-state index in [2.05, 4.69) is 10.3 Å². The van der Waals surface area contributed by atoms with E-state index >= 15 is 0 Å². The van der Waals surface area contributed by atoms with E-state index in [1.54, 1.807) is 39.8 Å². The van der Waals surface area contributed by atoms with Crippen LogP contribution < -0.4 is 10.9 Å². The zero-order valence-electron chi connectivity index (χ0n) is 16.1. The highest BCUT2D eigenvalue weighted by atomic mass is 32.1. The third-order valence-corrected chi connectivity index (χ3v) is 5.42. The normalized spacial score (nSPS) is 12.2. The van der Waals surface area contributed by atoms with Gasteiger partial charge in [-0.1, -0.05) is 18.2 Å². The molecule has 2 aromatic heterocycles. The fourth-order valence-electron chi connectivity index (χ4n) is 2.78. The number of ether oxygens (including phenoxy) is 1. The number of nitrogens with zero attached hydrogens (tertiary/aromatic N) is 2. The van der Waals surface area contributed by atoms with E-state index < -0.39 is 12.0 Å². The Morgan fingerprint density at radius 3 is 2.50 bits per heavy atom. The lowest BCUT2D eigenvalue weighted by Gasteiger charge is -2.15. The number of aromatic nitrogens is 2. The molecule has 1 amide bonds. The molecule has 8 heteroatoms. The van der Waals surface area contributed by atoms with Gasteiger partial charge in [0.25, 0.3) is 11.5 Å². The van der Waals surface area contributed by atoms with Crippen LogP contribution in [-0.2, 0) is 9.53 Å². The molecule has 0 unspecified atom stereocenters. The molecule has 0 aliphatic rings. The Morgan fingerprint density at radius 2 is 1.86 bits per heavy atom. The number of hydrogen-bond acceptors (Lipinski definition) is 6. The van der Waals surface area contributed by atoms with Crippen LogP contribution in [0.15, 0.2) is 41.5 Å². The van der Waals surface area contributed by atoms with Crippen molar-refractivity contribution < 1.29 is 14.3 Å². The van der Waals surface area contributed by atoms with Gasteiger partial charge in [0.15, 0.2) is 0 Å². The van der Waals surface area contributed by atoms with E-state index in [1.807, 2.05) is 18.2 Å². The van der Waals surface area contributed by atoms with Gasteiger partial charge in [-0.25, -0.2) is 9.78 Å². The van der Waals surface area contributed by atoms with Crippen molar-refractivity contribution in [2.75, 3.05) is 5.32 Å². The number of anilines is 1. The van der Waals surface area contributed by atoms with Crippen LogP contribution in [0.25, 0.3) is 10.2 Å². The van der Waals surface area contributed by atoms with Gasteiger partial charge in [-0.05, 0) is 45.4 Å². The molecule has 7 nitrogen and oxygen atoms in total. The molecule has 0 saturated carbocycles. The lowest BCUT2D eigenvalue weighted by Crippen LogP contribution is -2.30. The molecule has 146 valence electrons. The number of carbonyl (C=O) groups is 2. The van der Waals surface area contributed by atoms with E-state index in [1.165, 1.54) is 10.9 Å². The number of para-hydroxylation sites is 1. The summed E-state index contributed by atoms with van der Waals surface area (Å²) in [4.78, 5) is 43.0. The summed E-state index contributed by atoms with van der Waals surface area (Å²) in [6, 6.07) is 8.27. The van der Waals surface area contributed by atoms with Gasteiger partial charge >= 0.3 is 5.97 Å². The van der Waals surface area contributed by atoms with E-state index in [4.69, 9.17) is 4.74 Å². The number of aryl methyl sites for hydroxylation is 1. The highest BCUT2D eigenvalue weighted by Gasteiger charge is 2.24. The molecule has 1 aromatic carbocycles. The molecule has 2 heterocycles. The van der Waals surface area contributed by atoms with Crippen LogP contribution in [0, 0.1) is 6.92 Å². The fraction of sp³-hybridized carbons (Fsp3) is 0.300. The molecule has 1 atom stereocenters. The summed E-state index contributed by atoms with van der Waals surface area (Å²) in [5, 5.41) is 3.16.